The highest BCUT2D eigenvalue weighted by molar-refractivity contribution is 7.18. The molecule has 3 aromatic heterocycles. The summed E-state index contributed by atoms with van der Waals surface area (Å²) in [6.07, 6.45) is 1.81. The van der Waals surface area contributed by atoms with Crippen LogP contribution in [0.15, 0.2) is 83.4 Å². The first-order valence-corrected chi connectivity index (χ1v) is 12.4. The fraction of sp³-hybridized carbons (Fsp3) is 0.143. The number of aromatic nitrogens is 3. The summed E-state index contributed by atoms with van der Waals surface area (Å²) in [4.78, 5) is 5.34. The Bertz CT molecular complexity index is 1640. The molecule has 3 heterocycles. The molecule has 0 spiro atoms. The van der Waals surface area contributed by atoms with Crippen LogP contribution in [0.3, 0.4) is 0 Å². The number of ether oxygens (including phenoxy) is 4. The molecule has 0 atom stereocenters. The molecule has 0 aliphatic heterocycles. The van der Waals surface area contributed by atoms with Gasteiger partial charge in [-0.1, -0.05) is 36.4 Å². The molecular weight excluding hydrogens is 490 g/mol. The molecule has 0 fully saturated rings. The highest BCUT2D eigenvalue weighted by Gasteiger charge is 2.17. The van der Waals surface area contributed by atoms with Crippen molar-refractivity contribution in [2.75, 3.05) is 14.2 Å². The van der Waals surface area contributed by atoms with Gasteiger partial charge in [0.1, 0.15) is 41.7 Å². The lowest BCUT2D eigenvalue weighted by Gasteiger charge is -2.11. The predicted molar refractivity (Wildman–Crippen MR) is 141 cm³/mol. The molecule has 6 aromatic rings. The topological polar surface area (TPSA) is 80.2 Å². The maximum Gasteiger partial charge on any atom is 0.294 e. The fourth-order valence-corrected chi connectivity index (χ4v) is 4.68. The van der Waals surface area contributed by atoms with Crippen LogP contribution in [0.4, 0.5) is 0 Å². The third-order valence-corrected chi connectivity index (χ3v) is 6.68. The minimum absolute atomic E-state index is 0.381. The molecule has 0 saturated carbocycles. The lowest BCUT2D eigenvalue weighted by molar-refractivity contribution is 0.300. The summed E-state index contributed by atoms with van der Waals surface area (Å²) in [5.41, 5.74) is 3.42. The molecular formula is C28H23N3O5S. The van der Waals surface area contributed by atoms with Crippen molar-refractivity contribution in [2.24, 2.45) is 0 Å². The molecule has 0 bridgehead atoms. The minimum Gasteiger partial charge on any atom is -0.496 e. The van der Waals surface area contributed by atoms with Crippen molar-refractivity contribution in [3.63, 3.8) is 0 Å². The molecule has 0 saturated heterocycles. The monoisotopic (exact) mass is 513 g/mol. The predicted octanol–water partition coefficient (Wildman–Crippen LogP) is 6.38. The average molecular weight is 514 g/mol. The van der Waals surface area contributed by atoms with Gasteiger partial charge in [-0.15, -0.1) is 5.10 Å². The largest absolute Gasteiger partial charge is 0.496 e. The molecule has 0 aliphatic carbocycles. The number of rotatable bonds is 9. The van der Waals surface area contributed by atoms with Gasteiger partial charge in [0.25, 0.3) is 5.19 Å². The summed E-state index contributed by atoms with van der Waals surface area (Å²) in [6.45, 7) is 0.862. The standard InChI is InChI=1S/C28H23N3O5S/c1-32-21-12-24(35-17-19-8-6-7-18(11-19)16-34-20-9-4-3-5-10-20)22-14-26(36-25(22)13-21)23-15-31-27(29-23)37-28(30-31)33-2/h3-15H,16-17H2,1-2H3. The number of nitrogens with zero attached hydrogens (tertiary/aromatic N) is 3. The van der Waals surface area contributed by atoms with Gasteiger partial charge in [-0.05, 0) is 46.7 Å². The molecule has 0 unspecified atom stereocenters. The number of fused-ring (bicyclic) bond motifs is 2. The molecule has 0 aliphatic rings. The third-order valence-electron chi connectivity index (χ3n) is 5.79. The number of methoxy groups -OCH3 is 2. The van der Waals surface area contributed by atoms with E-state index >= 15 is 0 Å². The van der Waals surface area contributed by atoms with Gasteiger partial charge >= 0.3 is 0 Å². The minimum atomic E-state index is 0.381. The second-order valence-corrected chi connectivity index (χ2v) is 9.20. The molecule has 0 N–H and O–H groups in total. The van der Waals surface area contributed by atoms with E-state index in [4.69, 9.17) is 23.4 Å². The Morgan fingerprint density at radius 1 is 0.838 bits per heavy atom. The molecule has 8 nitrogen and oxygen atoms in total. The van der Waals surface area contributed by atoms with Crippen LogP contribution in [0.25, 0.3) is 27.4 Å². The molecule has 37 heavy (non-hydrogen) atoms. The van der Waals surface area contributed by atoms with Gasteiger partial charge in [-0.25, -0.2) is 9.50 Å². The van der Waals surface area contributed by atoms with Crippen LogP contribution < -0.4 is 18.9 Å². The summed E-state index contributed by atoms with van der Waals surface area (Å²) in [5, 5.41) is 5.72. The van der Waals surface area contributed by atoms with Crippen molar-refractivity contribution in [1.29, 1.82) is 0 Å². The Balaban J connectivity index is 1.23. The van der Waals surface area contributed by atoms with Gasteiger partial charge in [0.05, 0.1) is 25.8 Å². The summed E-state index contributed by atoms with van der Waals surface area (Å²) in [7, 11) is 3.20. The Morgan fingerprint density at radius 2 is 1.65 bits per heavy atom. The van der Waals surface area contributed by atoms with E-state index in [0.29, 0.717) is 46.9 Å². The Morgan fingerprint density at radius 3 is 2.41 bits per heavy atom. The van der Waals surface area contributed by atoms with Gasteiger partial charge in [-0.3, -0.25) is 0 Å². The zero-order valence-corrected chi connectivity index (χ0v) is 21.0. The first-order chi connectivity index (χ1) is 18.2. The summed E-state index contributed by atoms with van der Waals surface area (Å²) in [6, 6.07) is 23.6. The maximum absolute atomic E-state index is 6.26. The van der Waals surface area contributed by atoms with Crippen LogP contribution in [0.5, 0.6) is 22.4 Å². The van der Waals surface area contributed by atoms with Gasteiger partial charge < -0.3 is 23.4 Å². The number of hydrogen-bond acceptors (Lipinski definition) is 8. The smallest absolute Gasteiger partial charge is 0.294 e. The third kappa shape index (κ3) is 4.81. The van der Waals surface area contributed by atoms with Crippen LogP contribution in [0, 0.1) is 0 Å². The van der Waals surface area contributed by atoms with Crippen molar-refractivity contribution in [2.45, 2.75) is 13.2 Å². The molecule has 0 radical (unpaired) electrons. The van der Waals surface area contributed by atoms with Gasteiger partial charge in [0, 0.05) is 12.1 Å². The van der Waals surface area contributed by atoms with E-state index in [1.54, 1.807) is 18.7 Å². The molecule has 6 rings (SSSR count). The first kappa shape index (κ1) is 22.9. The van der Waals surface area contributed by atoms with E-state index in [1.807, 2.05) is 72.9 Å². The van der Waals surface area contributed by atoms with Crippen molar-refractivity contribution < 1.29 is 23.4 Å². The molecule has 3 aromatic carbocycles. The quantitative estimate of drug-likeness (QED) is 0.222. The maximum atomic E-state index is 6.26. The van der Waals surface area contributed by atoms with Crippen LogP contribution in [-0.2, 0) is 13.2 Å². The lowest BCUT2D eigenvalue weighted by atomic mass is 10.1. The van der Waals surface area contributed by atoms with Crippen molar-refractivity contribution >= 4 is 27.3 Å². The number of benzene rings is 3. The van der Waals surface area contributed by atoms with Gasteiger partial charge in [0.2, 0.25) is 4.96 Å². The molecule has 9 heteroatoms. The van der Waals surface area contributed by atoms with E-state index in [0.717, 1.165) is 27.2 Å². The number of para-hydroxylation sites is 1. The zero-order chi connectivity index (χ0) is 25.2. The molecule has 186 valence electrons. The fourth-order valence-electron chi connectivity index (χ4n) is 3.98. The lowest BCUT2D eigenvalue weighted by Crippen LogP contribution is -1.99. The van der Waals surface area contributed by atoms with Crippen LogP contribution in [0.1, 0.15) is 11.1 Å². The number of imidazole rings is 1. The van der Waals surface area contributed by atoms with Crippen molar-refractivity contribution in [3.05, 3.63) is 90.1 Å². The van der Waals surface area contributed by atoms with E-state index in [9.17, 15) is 0 Å². The first-order valence-electron chi connectivity index (χ1n) is 11.6. The van der Waals surface area contributed by atoms with Crippen molar-refractivity contribution in [3.8, 4) is 33.9 Å². The van der Waals surface area contributed by atoms with Crippen LogP contribution in [-0.4, -0.2) is 28.8 Å². The summed E-state index contributed by atoms with van der Waals surface area (Å²) >= 11 is 1.36. The van der Waals surface area contributed by atoms with Crippen LogP contribution >= 0.6 is 11.3 Å². The highest BCUT2D eigenvalue weighted by atomic mass is 32.1. The van der Waals surface area contributed by atoms with Gasteiger partial charge in [-0.2, -0.15) is 0 Å². The Hall–Kier alpha value is -4.50. The normalized spacial score (nSPS) is 11.2. The van der Waals surface area contributed by atoms with Gasteiger partial charge in [0.15, 0.2) is 5.76 Å². The van der Waals surface area contributed by atoms with E-state index in [1.165, 1.54) is 11.3 Å². The Labute approximate surface area is 216 Å². The second kappa shape index (κ2) is 9.87. The number of hydrogen-bond donors (Lipinski definition) is 0. The van der Waals surface area contributed by atoms with Crippen LogP contribution in [0.2, 0.25) is 0 Å². The highest BCUT2D eigenvalue weighted by Crippen LogP contribution is 2.37. The van der Waals surface area contributed by atoms with Crippen molar-refractivity contribution in [1.82, 2.24) is 14.6 Å². The SMILES string of the molecule is COc1cc(OCc2cccc(COc3ccccc3)c2)c2cc(-c3cn4nc(OC)sc4n3)oc2c1. The summed E-state index contributed by atoms with van der Waals surface area (Å²) < 4.78 is 30.6. The molecule has 0 amide bonds. The second-order valence-electron chi connectivity index (χ2n) is 8.28. The van der Waals surface area contributed by atoms with E-state index in [-0.39, 0.29) is 0 Å². The van der Waals surface area contributed by atoms with E-state index in [2.05, 4.69) is 16.1 Å². The number of furan rings is 1. The van der Waals surface area contributed by atoms with E-state index < -0.39 is 0 Å². The Kier molecular flexibility index (Phi) is 6.11. The zero-order valence-electron chi connectivity index (χ0n) is 20.2. The average Bonchev–Trinajstić information content (AvgIpc) is 3.64. The summed E-state index contributed by atoms with van der Waals surface area (Å²) in [5.74, 6) is 2.76.